The van der Waals surface area contributed by atoms with Crippen LogP contribution in [0, 0.1) is 0 Å². The summed E-state index contributed by atoms with van der Waals surface area (Å²) >= 11 is 0. The number of carbonyl (C=O) groups is 5. The van der Waals surface area contributed by atoms with Crippen LogP contribution in [0.2, 0.25) is 0 Å². The highest BCUT2D eigenvalue weighted by Crippen LogP contribution is 2.43. The van der Waals surface area contributed by atoms with Crippen LogP contribution < -0.4 is 5.73 Å². The average Bonchev–Trinajstić information content (AvgIpc) is 3.01. The fourth-order valence-corrected chi connectivity index (χ4v) is 4.83. The van der Waals surface area contributed by atoms with E-state index < -0.39 is 57.7 Å². The van der Waals surface area contributed by atoms with Gasteiger partial charge in [-0.3, -0.25) is 33.0 Å². The van der Waals surface area contributed by atoms with Gasteiger partial charge in [0.25, 0.3) is 0 Å². The van der Waals surface area contributed by atoms with Gasteiger partial charge in [0.1, 0.15) is 18.9 Å². The number of hydrogen-bond donors (Lipinski definition) is 3. The zero-order chi connectivity index (χ0) is 34.5. The van der Waals surface area contributed by atoms with E-state index in [-0.39, 0.29) is 31.5 Å². The van der Waals surface area contributed by atoms with E-state index in [1.54, 1.807) is 0 Å². The minimum atomic E-state index is -4.78. The summed E-state index contributed by atoms with van der Waals surface area (Å²) in [6.07, 6.45) is 20.4. The second kappa shape index (κ2) is 28.5. The first-order valence-corrected chi connectivity index (χ1v) is 17.7. The fourth-order valence-electron chi connectivity index (χ4n) is 4.06. The molecule has 0 fully saturated rings. The van der Waals surface area contributed by atoms with Crippen molar-refractivity contribution in [3.63, 3.8) is 0 Å². The van der Waals surface area contributed by atoms with Crippen LogP contribution in [-0.2, 0) is 47.1 Å². The molecule has 0 heterocycles. The van der Waals surface area contributed by atoms with Crippen LogP contribution >= 0.6 is 7.82 Å². The van der Waals surface area contributed by atoms with Crippen LogP contribution in [0.15, 0.2) is 24.3 Å². The number of carbonyl (C=O) groups excluding carboxylic acids is 4. The van der Waals surface area contributed by atoms with E-state index in [1.165, 1.54) is 38.5 Å². The molecule has 0 aliphatic carbocycles. The Hall–Kier alpha value is -2.70. The third kappa shape index (κ3) is 27.6. The zero-order valence-electron chi connectivity index (χ0n) is 27.2. The summed E-state index contributed by atoms with van der Waals surface area (Å²) in [6, 6.07) is -1.57. The maximum Gasteiger partial charge on any atom is 0.472 e. The van der Waals surface area contributed by atoms with Crippen LogP contribution in [0.3, 0.4) is 0 Å². The fraction of sp³-hybridized carbons (Fsp3) is 0.719. The van der Waals surface area contributed by atoms with Gasteiger partial charge < -0.3 is 25.2 Å². The van der Waals surface area contributed by atoms with Crippen molar-refractivity contribution in [2.24, 2.45) is 5.73 Å². The summed E-state index contributed by atoms with van der Waals surface area (Å²) in [5, 5.41) is 8.78. The van der Waals surface area contributed by atoms with Crippen molar-refractivity contribution in [1.82, 2.24) is 0 Å². The molecule has 3 atom stereocenters. The van der Waals surface area contributed by atoms with Crippen molar-refractivity contribution < 1.29 is 57.1 Å². The first kappa shape index (κ1) is 43.3. The van der Waals surface area contributed by atoms with E-state index in [0.29, 0.717) is 12.7 Å². The number of phosphoric acid groups is 1. The van der Waals surface area contributed by atoms with Gasteiger partial charge in [0.2, 0.25) is 0 Å². The molecule has 0 aromatic rings. The van der Waals surface area contributed by atoms with Crippen molar-refractivity contribution in [2.45, 2.75) is 128 Å². The maximum atomic E-state index is 12.3. The van der Waals surface area contributed by atoms with Crippen molar-refractivity contribution in [2.75, 3.05) is 19.8 Å². The van der Waals surface area contributed by atoms with Crippen LogP contribution in [0.1, 0.15) is 116 Å². The van der Waals surface area contributed by atoms with E-state index in [0.717, 1.165) is 50.7 Å². The number of aliphatic carboxylic acids is 1. The standard InChI is InChI=1S/C32H54NO12P/c1-2-3-4-5-6-7-8-9-10-11-12-13-14-15-16-21-30(36)42-24-28(25-43-46(40,41)44-26-29(33)32(38)39)45-31(37)22-17-19-27(35)20-18-23-34/h9-10,18,20,23,28-29H,2-8,11-17,19,21-22,24-26,33H2,1H3,(H,38,39)(H,40,41)/b10-9-,20-18+/t28-,29+/m1/s1. The minimum Gasteiger partial charge on any atom is -0.480 e. The Bertz CT molecular complexity index is 984. The molecule has 14 heteroatoms. The number of nitrogens with two attached hydrogens (primary N) is 1. The number of rotatable bonds is 31. The number of phosphoric ester groups is 1. The van der Waals surface area contributed by atoms with Crippen LogP contribution in [-0.4, -0.2) is 71.9 Å². The highest BCUT2D eigenvalue weighted by molar-refractivity contribution is 7.47. The Morgan fingerprint density at radius 3 is 1.93 bits per heavy atom. The number of ketones is 1. The summed E-state index contributed by atoms with van der Waals surface area (Å²) in [5.74, 6) is -3.13. The topological polar surface area (TPSA) is 206 Å². The monoisotopic (exact) mass is 675 g/mol. The number of ether oxygens (including phenoxy) is 2. The van der Waals surface area contributed by atoms with Gasteiger partial charge in [-0.15, -0.1) is 0 Å². The number of hydrogen-bond acceptors (Lipinski definition) is 11. The number of allylic oxidation sites excluding steroid dienone is 4. The second-order valence-electron chi connectivity index (χ2n) is 10.9. The van der Waals surface area contributed by atoms with Crippen LogP contribution in [0.25, 0.3) is 0 Å². The lowest BCUT2D eigenvalue weighted by atomic mass is 10.1. The smallest absolute Gasteiger partial charge is 0.472 e. The Kier molecular flexibility index (Phi) is 26.8. The lowest BCUT2D eigenvalue weighted by molar-refractivity contribution is -0.161. The Morgan fingerprint density at radius 2 is 1.33 bits per heavy atom. The molecular formula is C32H54NO12P. The third-order valence-corrected chi connectivity index (χ3v) is 7.64. The lowest BCUT2D eigenvalue weighted by Gasteiger charge is -2.20. The highest BCUT2D eigenvalue weighted by Gasteiger charge is 2.28. The molecule has 0 rings (SSSR count). The van der Waals surface area contributed by atoms with Gasteiger partial charge in [-0.05, 0) is 50.7 Å². The molecule has 0 spiro atoms. The molecule has 0 saturated carbocycles. The average molecular weight is 676 g/mol. The van der Waals surface area contributed by atoms with Crippen molar-refractivity contribution in [1.29, 1.82) is 0 Å². The molecule has 0 aliphatic heterocycles. The molecule has 264 valence electrons. The Balaban J connectivity index is 4.48. The van der Waals surface area contributed by atoms with E-state index in [2.05, 4.69) is 23.6 Å². The Labute approximate surface area is 272 Å². The molecule has 0 amide bonds. The number of aldehydes is 1. The van der Waals surface area contributed by atoms with Gasteiger partial charge in [-0.1, -0.05) is 70.4 Å². The van der Waals surface area contributed by atoms with Crippen molar-refractivity contribution >= 4 is 37.8 Å². The molecule has 46 heavy (non-hydrogen) atoms. The summed E-state index contributed by atoms with van der Waals surface area (Å²) in [7, 11) is -4.78. The van der Waals surface area contributed by atoms with Gasteiger partial charge in [-0.2, -0.15) is 0 Å². The molecule has 13 nitrogen and oxygen atoms in total. The van der Waals surface area contributed by atoms with Crippen molar-refractivity contribution in [3.05, 3.63) is 24.3 Å². The van der Waals surface area contributed by atoms with Gasteiger partial charge in [0.05, 0.1) is 13.2 Å². The predicted octanol–water partition coefficient (Wildman–Crippen LogP) is 5.52. The molecule has 0 saturated heterocycles. The van der Waals surface area contributed by atoms with Gasteiger partial charge in [0, 0.05) is 19.3 Å². The second-order valence-corrected chi connectivity index (χ2v) is 12.4. The van der Waals surface area contributed by atoms with E-state index in [9.17, 15) is 33.4 Å². The molecule has 0 aromatic heterocycles. The highest BCUT2D eigenvalue weighted by atomic mass is 31.2. The van der Waals surface area contributed by atoms with E-state index in [1.807, 2.05) is 0 Å². The Morgan fingerprint density at radius 1 is 0.761 bits per heavy atom. The number of carboxylic acids is 1. The normalized spacial score (nSPS) is 14.2. The molecule has 0 aliphatic rings. The first-order valence-electron chi connectivity index (χ1n) is 16.3. The lowest BCUT2D eigenvalue weighted by Crippen LogP contribution is -2.34. The SMILES string of the molecule is CCCCCCCC/C=C\CCCCCCCC(=O)OC[C@H](COP(=O)(O)OC[C@H](N)C(=O)O)OC(=O)CCCC(=O)/C=C/C=O. The zero-order valence-corrected chi connectivity index (χ0v) is 28.1. The van der Waals surface area contributed by atoms with Crippen LogP contribution in [0.4, 0.5) is 0 Å². The summed E-state index contributed by atoms with van der Waals surface area (Å²) < 4.78 is 31.9. The van der Waals surface area contributed by atoms with Crippen molar-refractivity contribution in [3.8, 4) is 0 Å². The molecule has 0 radical (unpaired) electrons. The van der Waals surface area contributed by atoms with Gasteiger partial charge in [0.15, 0.2) is 11.9 Å². The maximum absolute atomic E-state index is 12.3. The summed E-state index contributed by atoms with van der Waals surface area (Å²) in [4.78, 5) is 67.1. The molecule has 4 N–H and O–H groups in total. The molecule has 0 bridgehead atoms. The molecular weight excluding hydrogens is 621 g/mol. The van der Waals surface area contributed by atoms with E-state index in [4.69, 9.17) is 24.8 Å². The van der Waals surface area contributed by atoms with E-state index >= 15 is 0 Å². The van der Waals surface area contributed by atoms with Gasteiger partial charge >= 0.3 is 25.7 Å². The first-order chi connectivity index (χ1) is 22.0. The molecule has 1 unspecified atom stereocenters. The minimum absolute atomic E-state index is 0.0188. The number of unbranched alkanes of at least 4 members (excludes halogenated alkanes) is 11. The van der Waals surface area contributed by atoms with Crippen LogP contribution in [0.5, 0.6) is 0 Å². The largest absolute Gasteiger partial charge is 0.480 e. The quantitative estimate of drug-likeness (QED) is 0.0207. The number of carboxylic acid groups (broad SMARTS) is 1. The molecule has 0 aromatic carbocycles. The predicted molar refractivity (Wildman–Crippen MR) is 172 cm³/mol. The number of esters is 2. The van der Waals surface area contributed by atoms with Gasteiger partial charge in [-0.25, -0.2) is 4.57 Å². The summed E-state index contributed by atoms with van der Waals surface area (Å²) in [6.45, 7) is 0.235. The summed E-state index contributed by atoms with van der Waals surface area (Å²) in [5.41, 5.74) is 5.25. The third-order valence-electron chi connectivity index (χ3n) is 6.69.